The van der Waals surface area contributed by atoms with Gasteiger partial charge in [0.05, 0.1) is 21.3 Å². The van der Waals surface area contributed by atoms with Gasteiger partial charge in [0.15, 0.2) is 35.3 Å². The Hall–Kier alpha value is -3.43. The summed E-state index contributed by atoms with van der Waals surface area (Å²) in [5.74, 6) is -0.769. The number of carboxylic acids is 1. The smallest absolute Gasteiger partial charge is 0.430 e. The van der Waals surface area contributed by atoms with Crippen molar-refractivity contribution in [1.82, 2.24) is 0 Å². The number of rotatable bonds is 3. The third-order valence-electron chi connectivity index (χ3n) is 5.43. The Kier molecular flexibility index (Phi) is 6.52. The molecule has 2 heterocycles. The summed E-state index contributed by atoms with van der Waals surface area (Å²) in [4.78, 5) is 8.78. The van der Waals surface area contributed by atoms with Crippen LogP contribution in [0.15, 0.2) is 24.3 Å². The number of carboxylic acid groups (broad SMARTS) is 1. The minimum absolute atomic E-state index is 0.180. The third kappa shape index (κ3) is 4.58. The van der Waals surface area contributed by atoms with E-state index in [0.29, 0.717) is 5.75 Å². The summed E-state index contributed by atoms with van der Waals surface area (Å²) < 4.78 is 50.1. The molecule has 1 atom stereocenters. The lowest BCUT2D eigenvalue weighted by molar-refractivity contribution is -0.573. The number of carbonyl (C=O) groups excluding carboxylic acids is 1. The average molecular weight is 453 g/mol. The Morgan fingerprint density at radius 3 is 2.16 bits per heavy atom. The standard InChI is InChI=1S/C20H21NO4.C2HF3O2/c1-23-18-9-13-6-16-15-10-20(25-3)19(24-2)8-12(15)4-5-21(16)11-14(13)7-17(18)22;3-2(4,5)1(6)7/h7-11,16H,4-6H2,1-3H3;(H,6,7)/t16-;/m0./s1. The highest BCUT2D eigenvalue weighted by Gasteiger charge is 2.36. The Morgan fingerprint density at radius 2 is 1.59 bits per heavy atom. The molecule has 0 saturated heterocycles. The Bertz CT molecular complexity index is 1060. The van der Waals surface area contributed by atoms with Gasteiger partial charge in [0.1, 0.15) is 12.5 Å². The van der Waals surface area contributed by atoms with Gasteiger partial charge in [0, 0.05) is 24.0 Å². The van der Waals surface area contributed by atoms with Gasteiger partial charge in [-0.15, -0.1) is 0 Å². The second-order valence-electron chi connectivity index (χ2n) is 7.25. The largest absolute Gasteiger partial charge is 0.542 e. The van der Waals surface area contributed by atoms with E-state index in [1.807, 2.05) is 6.07 Å². The minimum Gasteiger partial charge on any atom is -0.542 e. The number of nitrogens with zero attached hydrogens (tertiary/aromatic N) is 1. The molecule has 0 spiro atoms. The number of benzene rings is 2. The second kappa shape index (κ2) is 8.97. The van der Waals surface area contributed by atoms with E-state index in [2.05, 4.69) is 22.9 Å². The molecule has 32 heavy (non-hydrogen) atoms. The molecule has 2 aliphatic heterocycles. The molecule has 4 rings (SSSR count). The molecule has 0 bridgehead atoms. The maximum Gasteiger partial charge on any atom is 0.430 e. The van der Waals surface area contributed by atoms with Gasteiger partial charge in [-0.05, 0) is 35.4 Å². The number of aliphatic carboxylic acids is 1. The number of fused-ring (bicyclic) bond motifs is 4. The number of aromatic hydroxyl groups is 1. The predicted molar refractivity (Wildman–Crippen MR) is 106 cm³/mol. The number of phenols is 1. The summed E-state index contributed by atoms with van der Waals surface area (Å²) >= 11 is 0. The number of hydrogen-bond donors (Lipinski definition) is 1. The number of ether oxygens (including phenoxy) is 3. The normalized spacial score (nSPS) is 16.3. The van der Waals surface area contributed by atoms with E-state index in [1.165, 1.54) is 16.7 Å². The number of methoxy groups -OCH3 is 3. The molecule has 2 aromatic carbocycles. The van der Waals surface area contributed by atoms with Crippen molar-refractivity contribution in [3.63, 3.8) is 0 Å². The first kappa shape index (κ1) is 23.2. The van der Waals surface area contributed by atoms with E-state index in [1.54, 1.807) is 27.4 Å². The fourth-order valence-corrected chi connectivity index (χ4v) is 3.90. The second-order valence-corrected chi connectivity index (χ2v) is 7.25. The van der Waals surface area contributed by atoms with Gasteiger partial charge >= 0.3 is 6.18 Å². The lowest BCUT2D eigenvalue weighted by Crippen LogP contribution is -2.37. The summed E-state index contributed by atoms with van der Waals surface area (Å²) in [6, 6.07) is 8.17. The topological polar surface area (TPSA) is 91.1 Å². The van der Waals surface area contributed by atoms with Crippen LogP contribution < -0.4 is 19.3 Å². The van der Waals surface area contributed by atoms with Crippen molar-refractivity contribution in [2.24, 2.45) is 0 Å². The number of carbonyl (C=O) groups is 1. The van der Waals surface area contributed by atoms with Crippen molar-refractivity contribution in [3.05, 3.63) is 46.5 Å². The van der Waals surface area contributed by atoms with Crippen LogP contribution in [0.25, 0.3) is 0 Å². The first-order valence-electron chi connectivity index (χ1n) is 9.62. The van der Waals surface area contributed by atoms with Crippen LogP contribution in [-0.2, 0) is 17.6 Å². The van der Waals surface area contributed by atoms with E-state index in [9.17, 15) is 18.3 Å². The van der Waals surface area contributed by atoms with Crippen molar-refractivity contribution in [3.8, 4) is 23.0 Å². The molecule has 0 unspecified atom stereocenters. The molecular formula is C22H22F3NO6. The monoisotopic (exact) mass is 453 g/mol. The zero-order chi connectivity index (χ0) is 23.6. The lowest BCUT2D eigenvalue weighted by Gasteiger charge is -2.28. The van der Waals surface area contributed by atoms with E-state index in [4.69, 9.17) is 24.1 Å². The Balaban J connectivity index is 0.000000360. The number of alkyl halides is 3. The highest BCUT2D eigenvalue weighted by molar-refractivity contribution is 5.81. The molecule has 0 fully saturated rings. The zero-order valence-corrected chi connectivity index (χ0v) is 17.7. The molecule has 0 amide bonds. The highest BCUT2D eigenvalue weighted by atomic mass is 19.4. The molecule has 1 N–H and O–H groups in total. The van der Waals surface area contributed by atoms with Crippen LogP contribution in [0, 0.1) is 0 Å². The molecule has 0 saturated carbocycles. The van der Waals surface area contributed by atoms with Crippen LogP contribution in [-0.4, -0.2) is 55.9 Å². The number of halogens is 3. The fraction of sp³-hybridized carbons (Fsp3) is 0.364. The summed E-state index contributed by atoms with van der Waals surface area (Å²) in [5, 5.41) is 18.8. The van der Waals surface area contributed by atoms with E-state index < -0.39 is 12.1 Å². The van der Waals surface area contributed by atoms with E-state index in [0.717, 1.165) is 36.4 Å². The quantitative estimate of drug-likeness (QED) is 0.715. The number of hydrogen-bond acceptors (Lipinski definition) is 6. The molecule has 2 aliphatic rings. The van der Waals surface area contributed by atoms with Gasteiger partial charge < -0.3 is 29.2 Å². The van der Waals surface area contributed by atoms with Crippen molar-refractivity contribution in [2.45, 2.75) is 25.1 Å². The van der Waals surface area contributed by atoms with Gasteiger partial charge in [0.2, 0.25) is 0 Å². The van der Waals surface area contributed by atoms with E-state index >= 15 is 0 Å². The summed E-state index contributed by atoms with van der Waals surface area (Å²) in [7, 11) is 4.91. The van der Waals surface area contributed by atoms with Crippen LogP contribution in [0.4, 0.5) is 13.2 Å². The fourth-order valence-electron chi connectivity index (χ4n) is 3.90. The molecule has 0 radical (unpaired) electrons. The molecule has 172 valence electrons. The van der Waals surface area contributed by atoms with Crippen LogP contribution >= 0.6 is 0 Å². The van der Waals surface area contributed by atoms with Crippen molar-refractivity contribution < 1.29 is 47.0 Å². The summed E-state index contributed by atoms with van der Waals surface area (Å²) in [6.07, 6.45) is -1.23. The van der Waals surface area contributed by atoms with Crippen LogP contribution in [0.5, 0.6) is 23.0 Å². The van der Waals surface area contributed by atoms with Gasteiger partial charge in [0.25, 0.3) is 0 Å². The Morgan fingerprint density at radius 1 is 1.03 bits per heavy atom. The SMILES string of the molecule is COc1cc2c(cc1O)C=[N+]1CCc3cc(OC)c(OC)cc3[C@@H]1C2.O=C([O-])C(F)(F)F. The van der Waals surface area contributed by atoms with Crippen molar-refractivity contribution >= 4 is 12.2 Å². The number of phenolic OH excluding ortho intramolecular Hbond substituents is 1. The van der Waals surface area contributed by atoms with Crippen LogP contribution in [0.1, 0.15) is 28.3 Å². The first-order valence-corrected chi connectivity index (χ1v) is 9.62. The van der Waals surface area contributed by atoms with Crippen molar-refractivity contribution in [1.29, 1.82) is 0 Å². The molecule has 0 aliphatic carbocycles. The molecular weight excluding hydrogens is 431 g/mol. The third-order valence-corrected chi connectivity index (χ3v) is 5.43. The van der Waals surface area contributed by atoms with Gasteiger partial charge in [-0.1, -0.05) is 0 Å². The highest BCUT2D eigenvalue weighted by Crippen LogP contribution is 2.41. The van der Waals surface area contributed by atoms with Crippen LogP contribution in [0.2, 0.25) is 0 Å². The maximum absolute atomic E-state index is 10.5. The Labute approximate surface area is 182 Å². The van der Waals surface area contributed by atoms with Crippen LogP contribution in [0.3, 0.4) is 0 Å². The van der Waals surface area contributed by atoms with Gasteiger partial charge in [-0.2, -0.15) is 13.2 Å². The molecule has 7 nitrogen and oxygen atoms in total. The first-order chi connectivity index (χ1) is 15.1. The minimum atomic E-state index is -5.19. The molecule has 10 heteroatoms. The van der Waals surface area contributed by atoms with E-state index in [-0.39, 0.29) is 11.8 Å². The van der Waals surface area contributed by atoms with Gasteiger partial charge in [-0.3, -0.25) is 0 Å². The lowest BCUT2D eigenvalue weighted by atomic mass is 9.85. The van der Waals surface area contributed by atoms with Gasteiger partial charge in [-0.25, -0.2) is 4.58 Å². The summed E-state index contributed by atoms with van der Waals surface area (Å²) in [6.45, 7) is 0.944. The molecule has 0 aromatic heterocycles. The van der Waals surface area contributed by atoms with Crippen molar-refractivity contribution in [2.75, 3.05) is 27.9 Å². The zero-order valence-electron chi connectivity index (χ0n) is 17.7. The maximum atomic E-state index is 10.5. The summed E-state index contributed by atoms with van der Waals surface area (Å²) in [5.41, 5.74) is 4.82. The molecule has 2 aromatic rings. The predicted octanol–water partition coefficient (Wildman–Crippen LogP) is 2.00. The average Bonchev–Trinajstić information content (AvgIpc) is 2.76.